The highest BCUT2D eigenvalue weighted by Crippen LogP contribution is 2.61. The van der Waals surface area contributed by atoms with Gasteiger partial charge in [-0.3, -0.25) is 0 Å². The number of nitrogens with zero attached hydrogens (tertiary/aromatic N) is 2. The van der Waals surface area contributed by atoms with E-state index < -0.39 is 125 Å². The molecule has 1 heterocycles. The molecule has 340 valence electrons. The first-order valence-corrected chi connectivity index (χ1v) is 13.5. The lowest BCUT2D eigenvalue weighted by Gasteiger charge is -2.39. The second-order valence-electron chi connectivity index (χ2n) is 11.2. The third kappa shape index (κ3) is 7.53. The summed E-state index contributed by atoms with van der Waals surface area (Å²) in [6.07, 6.45) is -23.3. The number of aromatic nitrogens is 2. The Labute approximate surface area is 301 Å². The molecule has 0 saturated heterocycles. The van der Waals surface area contributed by atoms with E-state index in [2.05, 4.69) is 14.7 Å². The highest BCUT2D eigenvalue weighted by molar-refractivity contribution is 5.57. The summed E-state index contributed by atoms with van der Waals surface area (Å²) in [5.74, 6) is -90.9. The fourth-order valence-electron chi connectivity index (χ4n) is 3.74. The van der Waals surface area contributed by atoms with Gasteiger partial charge >= 0.3 is 83.7 Å². The van der Waals surface area contributed by atoms with E-state index in [-0.39, 0.29) is 24.3 Å². The van der Waals surface area contributed by atoms with Gasteiger partial charge in [0.2, 0.25) is 0 Å². The molecule has 59 heavy (non-hydrogen) atoms. The van der Waals surface area contributed by atoms with Crippen molar-refractivity contribution in [3.8, 4) is 17.1 Å². The van der Waals surface area contributed by atoms with Crippen molar-refractivity contribution in [3.05, 3.63) is 41.7 Å². The minimum atomic E-state index is -8.38. The molecule has 0 bridgehead atoms. The van der Waals surface area contributed by atoms with Gasteiger partial charge in [0.1, 0.15) is 17.1 Å². The Kier molecular flexibility index (Phi) is 12.1. The first-order chi connectivity index (χ1) is 25.5. The number of benzene rings is 1. The van der Waals surface area contributed by atoms with Crippen LogP contribution in [0.1, 0.15) is 11.4 Å². The maximum absolute atomic E-state index is 14.7. The zero-order chi connectivity index (χ0) is 47.3. The summed E-state index contributed by atoms with van der Waals surface area (Å²) >= 11 is 0. The normalized spacial score (nSPS) is 15.8. The van der Waals surface area contributed by atoms with E-state index in [0.29, 0.717) is 0 Å². The van der Waals surface area contributed by atoms with Crippen molar-refractivity contribution in [3.63, 3.8) is 0 Å². The fourth-order valence-corrected chi connectivity index (χ4v) is 3.74. The van der Waals surface area contributed by atoms with E-state index >= 15 is 0 Å². The summed E-state index contributed by atoms with van der Waals surface area (Å²) in [5.41, 5.74) is -9.19. The van der Waals surface area contributed by atoms with Gasteiger partial charge in [-0.15, -0.1) is 0 Å². The Morgan fingerprint density at radius 1 is 0.356 bits per heavy atom. The zero-order valence-electron chi connectivity index (χ0n) is 26.1. The average Bonchev–Trinajstić information content (AvgIpc) is 3.05. The monoisotopic (exact) mass is 940 g/mol. The van der Waals surface area contributed by atoms with E-state index in [4.69, 9.17) is 0 Å². The van der Waals surface area contributed by atoms with E-state index in [1.165, 1.54) is 0 Å². The van der Waals surface area contributed by atoms with E-state index in [1.807, 2.05) is 0 Å². The molecule has 0 aliphatic rings. The Balaban J connectivity index is 2.78. The van der Waals surface area contributed by atoms with Crippen molar-refractivity contribution in [2.24, 2.45) is 0 Å². The van der Waals surface area contributed by atoms with Gasteiger partial charge in [-0.2, -0.15) is 136 Å². The van der Waals surface area contributed by atoms with Gasteiger partial charge in [-0.1, -0.05) is 0 Å². The number of rotatable bonds is 14. The molecule has 0 spiro atoms. The van der Waals surface area contributed by atoms with Crippen LogP contribution in [0.5, 0.6) is 5.75 Å². The molecular weight excluding hydrogens is 933 g/mol. The van der Waals surface area contributed by atoms with Crippen molar-refractivity contribution < 1.29 is 141 Å². The molecule has 0 saturated carbocycles. The molecule has 0 atom stereocenters. The van der Waals surface area contributed by atoms with E-state index in [1.54, 1.807) is 0 Å². The minimum absolute atomic E-state index is 0.265. The highest BCUT2D eigenvalue weighted by Gasteiger charge is 2.91. The molecule has 0 fully saturated rings. The van der Waals surface area contributed by atoms with Crippen LogP contribution in [0.4, 0.5) is 136 Å². The van der Waals surface area contributed by atoms with Crippen LogP contribution in [-0.2, 0) is 11.8 Å². The van der Waals surface area contributed by atoms with Crippen LogP contribution in [0.2, 0.25) is 0 Å². The van der Waals surface area contributed by atoms with Gasteiger partial charge in [0.25, 0.3) is 0 Å². The predicted molar refractivity (Wildman–Crippen MR) is 123 cm³/mol. The molecule has 0 radical (unpaired) electrons. The van der Waals surface area contributed by atoms with Gasteiger partial charge in [-0.25, -0.2) is 9.97 Å². The molecule has 0 N–H and O–H groups in total. The summed E-state index contributed by atoms with van der Waals surface area (Å²) in [4.78, 5) is 4.18. The number of hydrogen-bond acceptors (Lipinski definition) is 3. The predicted octanol–water partition coefficient (Wildman–Crippen LogP) is 12.1. The Morgan fingerprint density at radius 2 is 0.644 bits per heavy atom. The summed E-state index contributed by atoms with van der Waals surface area (Å²) < 4.78 is 420. The minimum Gasteiger partial charge on any atom is -0.487 e. The van der Waals surface area contributed by atoms with E-state index in [0.717, 1.165) is 0 Å². The molecule has 34 heteroatoms. The Bertz CT molecular complexity index is 1750. The Morgan fingerprint density at radius 3 is 0.949 bits per heavy atom. The van der Waals surface area contributed by atoms with E-state index in [9.17, 15) is 136 Å². The van der Waals surface area contributed by atoms with Gasteiger partial charge in [0.05, 0.1) is 0 Å². The standard InChI is InChI=1S/C25H7F31N2O/c26-12(27,15(32,33)18(38,39)19(40,41)22(46,47)25(54,55)56)6-59-8-3-1-7(2-4-8)11-57-9(13(28,29)16(34,35)20(42,43)23(48,49)50)5-10(58-11)14(30,31)17(36,37)21(44,45)24(51,52)53/h1-5H,6H2. The lowest BCUT2D eigenvalue weighted by atomic mass is 9.94. The molecule has 2 aromatic rings. The highest BCUT2D eigenvalue weighted by atomic mass is 19.5. The van der Waals surface area contributed by atoms with Crippen LogP contribution in [0, 0.1) is 0 Å². The SMILES string of the molecule is FC(F)(F)C(F)(F)C(F)(F)C(F)(F)c1cc(C(F)(F)C(F)(F)C(F)(F)C(F)(F)F)nc(-c2ccc(OCC(F)(F)C(F)(F)C(F)(F)C(F)(F)C(F)(F)C(F)(F)F)cc2)n1. The topological polar surface area (TPSA) is 35.0 Å². The van der Waals surface area contributed by atoms with Crippen LogP contribution in [0.25, 0.3) is 11.4 Å². The summed E-state index contributed by atoms with van der Waals surface area (Å²) in [6.45, 7) is -3.50. The summed E-state index contributed by atoms with van der Waals surface area (Å²) in [5, 5.41) is 0. The maximum Gasteiger partial charge on any atom is 0.460 e. The molecule has 0 unspecified atom stereocenters. The zero-order valence-corrected chi connectivity index (χ0v) is 26.1. The molecular formula is C25H7F31N2O. The molecule has 1 aromatic heterocycles. The lowest BCUT2D eigenvalue weighted by Crippen LogP contribution is -2.70. The van der Waals surface area contributed by atoms with Gasteiger partial charge in [0.15, 0.2) is 12.4 Å². The number of alkyl halides is 31. The second-order valence-corrected chi connectivity index (χ2v) is 11.2. The number of halogens is 31. The Hall–Kier alpha value is -4.07. The second kappa shape index (κ2) is 14.0. The molecule has 2 rings (SSSR count). The molecule has 0 aliphatic heterocycles. The smallest absolute Gasteiger partial charge is 0.460 e. The average molecular weight is 940 g/mol. The fraction of sp³-hybridized carbons (Fsp3) is 0.600. The molecule has 3 nitrogen and oxygen atoms in total. The number of ether oxygens (including phenoxy) is 1. The van der Waals surface area contributed by atoms with Gasteiger partial charge < -0.3 is 4.74 Å². The van der Waals surface area contributed by atoms with Crippen molar-refractivity contribution in [2.45, 2.75) is 83.7 Å². The lowest BCUT2D eigenvalue weighted by molar-refractivity contribution is -0.440. The van der Waals surface area contributed by atoms with Crippen LogP contribution in [0.15, 0.2) is 30.3 Å². The molecule has 0 amide bonds. The molecule has 0 aliphatic carbocycles. The summed E-state index contributed by atoms with van der Waals surface area (Å²) in [7, 11) is 0. The van der Waals surface area contributed by atoms with Crippen molar-refractivity contribution in [2.75, 3.05) is 6.61 Å². The molecule has 1 aromatic carbocycles. The van der Waals surface area contributed by atoms with Crippen LogP contribution < -0.4 is 4.74 Å². The van der Waals surface area contributed by atoms with Crippen LogP contribution >= 0.6 is 0 Å². The van der Waals surface area contributed by atoms with Gasteiger partial charge in [-0.05, 0) is 30.3 Å². The first-order valence-electron chi connectivity index (χ1n) is 13.5. The van der Waals surface area contributed by atoms with Crippen molar-refractivity contribution >= 4 is 0 Å². The van der Waals surface area contributed by atoms with Crippen molar-refractivity contribution in [1.29, 1.82) is 0 Å². The first kappa shape index (κ1) is 51.1. The van der Waals surface area contributed by atoms with Crippen LogP contribution in [-0.4, -0.2) is 88.4 Å². The van der Waals surface area contributed by atoms with Gasteiger partial charge in [0, 0.05) is 5.56 Å². The number of hydrogen-bond donors (Lipinski definition) is 0. The third-order valence-corrected chi connectivity index (χ3v) is 7.19. The maximum atomic E-state index is 14.7. The van der Waals surface area contributed by atoms with Crippen LogP contribution in [0.3, 0.4) is 0 Å². The third-order valence-electron chi connectivity index (χ3n) is 7.19. The summed E-state index contributed by atoms with van der Waals surface area (Å²) in [6, 6.07) is -2.96. The quantitative estimate of drug-likeness (QED) is 0.177. The largest absolute Gasteiger partial charge is 0.487 e. The van der Waals surface area contributed by atoms with Crippen molar-refractivity contribution in [1.82, 2.24) is 9.97 Å².